The summed E-state index contributed by atoms with van der Waals surface area (Å²) < 4.78 is 0. The molecule has 0 aromatic carbocycles. The molecule has 1 aromatic rings. The lowest BCUT2D eigenvalue weighted by molar-refractivity contribution is 0.480. The molecule has 0 aliphatic carbocycles. The molecular weight excluding hydrogens is 204 g/mol. The second kappa shape index (κ2) is 6.62. The number of nitrogens with two attached hydrogens (primary N) is 1. The molecule has 0 aliphatic rings. The van der Waals surface area contributed by atoms with Crippen LogP contribution < -0.4 is 11.1 Å². The third-order valence-electron chi connectivity index (χ3n) is 2.30. The van der Waals surface area contributed by atoms with Crippen molar-refractivity contribution in [3.63, 3.8) is 0 Å². The van der Waals surface area contributed by atoms with E-state index >= 15 is 0 Å². The molecule has 15 heavy (non-hydrogen) atoms. The zero-order valence-electron chi connectivity index (χ0n) is 9.07. The lowest BCUT2D eigenvalue weighted by atomic mass is 10.1. The highest BCUT2D eigenvalue weighted by Crippen LogP contribution is 2.18. The van der Waals surface area contributed by atoms with Crippen molar-refractivity contribution >= 4 is 11.3 Å². The first-order valence-corrected chi connectivity index (χ1v) is 6.15. The molecule has 0 aliphatic heterocycles. The van der Waals surface area contributed by atoms with Crippen molar-refractivity contribution in [2.24, 2.45) is 5.73 Å². The smallest absolute Gasteiger partial charge is 0.0692 e. The van der Waals surface area contributed by atoms with Crippen LogP contribution in [0.3, 0.4) is 0 Å². The van der Waals surface area contributed by atoms with E-state index in [1.54, 1.807) is 11.3 Å². The van der Waals surface area contributed by atoms with Gasteiger partial charge in [0.1, 0.15) is 0 Å². The second-order valence-corrected chi connectivity index (χ2v) is 4.46. The summed E-state index contributed by atoms with van der Waals surface area (Å²) >= 11 is 1.72. The van der Waals surface area contributed by atoms with Crippen LogP contribution in [0.15, 0.2) is 17.5 Å². The maximum absolute atomic E-state index is 5.74. The minimum absolute atomic E-state index is 0.130. The summed E-state index contributed by atoms with van der Waals surface area (Å²) in [6.07, 6.45) is 7.55. The van der Waals surface area contributed by atoms with Crippen LogP contribution in [0.1, 0.15) is 30.7 Å². The van der Waals surface area contributed by atoms with Crippen molar-refractivity contribution in [2.75, 3.05) is 6.54 Å². The van der Waals surface area contributed by atoms with Gasteiger partial charge in [-0.2, -0.15) is 0 Å². The normalized spacial score (nSPS) is 14.5. The Balaban J connectivity index is 2.57. The van der Waals surface area contributed by atoms with E-state index in [0.717, 1.165) is 12.8 Å². The first kappa shape index (κ1) is 12.3. The zero-order chi connectivity index (χ0) is 11.1. The van der Waals surface area contributed by atoms with Gasteiger partial charge in [-0.1, -0.05) is 25.3 Å². The Morgan fingerprint density at radius 3 is 2.93 bits per heavy atom. The van der Waals surface area contributed by atoms with Crippen molar-refractivity contribution in [3.05, 3.63) is 22.4 Å². The molecule has 0 amide bonds. The Kier molecular flexibility index (Phi) is 5.41. The summed E-state index contributed by atoms with van der Waals surface area (Å²) in [5.41, 5.74) is 5.74. The number of terminal acetylenes is 1. The van der Waals surface area contributed by atoms with Crippen molar-refractivity contribution in [3.8, 4) is 12.3 Å². The van der Waals surface area contributed by atoms with E-state index in [1.165, 1.54) is 4.88 Å². The molecule has 1 heterocycles. The molecule has 2 unspecified atom stereocenters. The van der Waals surface area contributed by atoms with Crippen molar-refractivity contribution in [2.45, 2.75) is 31.8 Å². The van der Waals surface area contributed by atoms with Gasteiger partial charge in [0.15, 0.2) is 0 Å². The van der Waals surface area contributed by atoms with Crippen LogP contribution in [0.5, 0.6) is 0 Å². The van der Waals surface area contributed by atoms with E-state index in [4.69, 9.17) is 12.2 Å². The first-order chi connectivity index (χ1) is 7.31. The third kappa shape index (κ3) is 3.67. The molecule has 0 spiro atoms. The van der Waals surface area contributed by atoms with Crippen LogP contribution in [-0.2, 0) is 0 Å². The van der Waals surface area contributed by atoms with Crippen LogP contribution in [0.25, 0.3) is 0 Å². The molecule has 2 atom stereocenters. The van der Waals surface area contributed by atoms with Gasteiger partial charge < -0.3 is 5.73 Å². The maximum Gasteiger partial charge on any atom is 0.0692 e. The number of thiophene rings is 1. The summed E-state index contributed by atoms with van der Waals surface area (Å²) in [7, 11) is 0. The van der Waals surface area contributed by atoms with Gasteiger partial charge in [0.2, 0.25) is 0 Å². The van der Waals surface area contributed by atoms with Crippen LogP contribution in [0.4, 0.5) is 0 Å². The van der Waals surface area contributed by atoms with Crippen molar-refractivity contribution < 1.29 is 0 Å². The number of rotatable bonds is 6. The van der Waals surface area contributed by atoms with Crippen molar-refractivity contribution in [1.29, 1.82) is 0 Å². The fourth-order valence-electron chi connectivity index (χ4n) is 1.50. The number of nitrogens with one attached hydrogen (secondary N) is 1. The molecule has 2 nitrogen and oxygen atoms in total. The average molecular weight is 222 g/mol. The van der Waals surface area contributed by atoms with E-state index in [9.17, 15) is 0 Å². The van der Waals surface area contributed by atoms with Crippen LogP contribution >= 0.6 is 11.3 Å². The second-order valence-electron chi connectivity index (χ2n) is 3.48. The predicted octanol–water partition coefficient (Wildman–Crippen LogP) is 2.14. The van der Waals surface area contributed by atoms with E-state index in [0.29, 0.717) is 6.54 Å². The molecule has 1 aromatic heterocycles. The van der Waals surface area contributed by atoms with E-state index < -0.39 is 0 Å². The zero-order valence-corrected chi connectivity index (χ0v) is 9.89. The maximum atomic E-state index is 5.74. The summed E-state index contributed by atoms with van der Waals surface area (Å²) in [5.74, 6) is 2.77. The largest absolute Gasteiger partial charge is 0.329 e. The average Bonchev–Trinajstić information content (AvgIpc) is 2.77. The highest BCUT2D eigenvalue weighted by atomic mass is 32.1. The SMILES string of the molecule is C#CC(CCC)NC(CN)c1cccs1. The summed E-state index contributed by atoms with van der Waals surface area (Å²) in [5, 5.41) is 5.47. The third-order valence-corrected chi connectivity index (χ3v) is 3.29. The van der Waals surface area contributed by atoms with E-state index in [2.05, 4.69) is 29.6 Å². The van der Waals surface area contributed by atoms with Gasteiger partial charge in [-0.15, -0.1) is 17.8 Å². The Morgan fingerprint density at radius 1 is 1.67 bits per heavy atom. The summed E-state index contributed by atoms with van der Waals surface area (Å²) in [6, 6.07) is 4.45. The number of hydrogen-bond donors (Lipinski definition) is 2. The minimum atomic E-state index is 0.130. The van der Waals surface area contributed by atoms with Crippen LogP contribution in [-0.4, -0.2) is 12.6 Å². The van der Waals surface area contributed by atoms with E-state index in [1.807, 2.05) is 6.07 Å². The molecular formula is C12H18N2S. The molecule has 0 radical (unpaired) electrons. The first-order valence-electron chi connectivity index (χ1n) is 5.27. The number of hydrogen-bond acceptors (Lipinski definition) is 3. The Bertz CT molecular complexity index is 300. The van der Waals surface area contributed by atoms with Gasteiger partial charge in [-0.3, -0.25) is 5.32 Å². The summed E-state index contributed by atoms with van der Waals surface area (Å²) in [6.45, 7) is 2.72. The van der Waals surface area contributed by atoms with Gasteiger partial charge in [0.25, 0.3) is 0 Å². The monoisotopic (exact) mass is 222 g/mol. The molecule has 3 N–H and O–H groups in total. The lowest BCUT2D eigenvalue weighted by Crippen LogP contribution is -2.35. The van der Waals surface area contributed by atoms with Gasteiger partial charge in [0.05, 0.1) is 12.1 Å². The molecule has 82 valence electrons. The van der Waals surface area contributed by atoms with Crippen LogP contribution in [0.2, 0.25) is 0 Å². The molecule has 3 heteroatoms. The lowest BCUT2D eigenvalue weighted by Gasteiger charge is -2.20. The highest BCUT2D eigenvalue weighted by molar-refractivity contribution is 7.10. The van der Waals surface area contributed by atoms with Gasteiger partial charge in [-0.05, 0) is 17.9 Å². The Hall–Kier alpha value is -0.820. The standard InChI is InChI=1S/C12H18N2S/c1-3-6-10(4-2)14-11(9-13)12-7-5-8-15-12/h2,5,7-8,10-11,14H,3,6,9,13H2,1H3. The quantitative estimate of drug-likeness (QED) is 0.724. The van der Waals surface area contributed by atoms with Gasteiger partial charge in [-0.25, -0.2) is 0 Å². The summed E-state index contributed by atoms with van der Waals surface area (Å²) in [4.78, 5) is 1.26. The molecule has 0 fully saturated rings. The molecule has 0 saturated heterocycles. The highest BCUT2D eigenvalue weighted by Gasteiger charge is 2.14. The predicted molar refractivity (Wildman–Crippen MR) is 66.8 cm³/mol. The van der Waals surface area contributed by atoms with Gasteiger partial charge >= 0.3 is 0 Å². The topological polar surface area (TPSA) is 38.0 Å². The molecule has 0 bridgehead atoms. The fourth-order valence-corrected chi connectivity index (χ4v) is 2.30. The van der Waals surface area contributed by atoms with Crippen molar-refractivity contribution in [1.82, 2.24) is 5.32 Å². The minimum Gasteiger partial charge on any atom is -0.329 e. The molecule has 0 saturated carbocycles. The molecule has 1 rings (SSSR count). The van der Waals surface area contributed by atoms with Crippen LogP contribution in [0, 0.1) is 12.3 Å². The Labute approximate surface area is 95.9 Å². The van der Waals surface area contributed by atoms with E-state index in [-0.39, 0.29) is 12.1 Å². The van der Waals surface area contributed by atoms with Gasteiger partial charge in [0, 0.05) is 11.4 Å². The fraction of sp³-hybridized carbons (Fsp3) is 0.500. The Morgan fingerprint density at radius 2 is 2.47 bits per heavy atom.